The van der Waals surface area contributed by atoms with E-state index in [-0.39, 0.29) is 41.8 Å². The van der Waals surface area contributed by atoms with Crippen LogP contribution >= 0.6 is 24.0 Å². The van der Waals surface area contributed by atoms with Gasteiger partial charge in [0.25, 0.3) is 0 Å². The molecule has 132 valence electrons. The molecule has 0 bridgehead atoms. The molecule has 1 fully saturated rings. The second-order valence-electron chi connectivity index (χ2n) is 6.04. The van der Waals surface area contributed by atoms with Gasteiger partial charge in [-0.05, 0) is 17.7 Å². The maximum atomic E-state index is 12.1. The molecule has 2 unspecified atom stereocenters. The Morgan fingerprint density at radius 2 is 1.76 bits per heavy atom. The van der Waals surface area contributed by atoms with E-state index >= 15 is 0 Å². The van der Waals surface area contributed by atoms with Crippen molar-refractivity contribution in [3.8, 4) is 0 Å². The molecule has 0 spiro atoms. The van der Waals surface area contributed by atoms with Crippen molar-refractivity contribution >= 4 is 41.5 Å². The van der Waals surface area contributed by atoms with E-state index in [1.165, 1.54) is 0 Å². The standard InChI is InChI=1S/C19H22N4O.HI/c1-23-17(24)12-15(18(23)14-8-4-2-5-9-14)13-21-19(20)22-16-10-6-3-7-11-16;/h2-11,15,18H,12-13H2,1H3,(H3,20,21,22);1H. The Hall–Kier alpha value is -2.09. The van der Waals surface area contributed by atoms with Crippen molar-refractivity contribution in [1.82, 2.24) is 4.90 Å². The summed E-state index contributed by atoms with van der Waals surface area (Å²) >= 11 is 0. The lowest BCUT2D eigenvalue weighted by Crippen LogP contribution is -2.26. The molecule has 0 saturated carbocycles. The van der Waals surface area contributed by atoms with E-state index < -0.39 is 0 Å². The maximum absolute atomic E-state index is 12.1. The lowest BCUT2D eigenvalue weighted by molar-refractivity contribution is -0.127. The van der Waals surface area contributed by atoms with Crippen LogP contribution in [0.25, 0.3) is 0 Å². The summed E-state index contributed by atoms with van der Waals surface area (Å²) in [7, 11) is 1.86. The number of rotatable bonds is 4. The van der Waals surface area contributed by atoms with Crippen molar-refractivity contribution < 1.29 is 4.79 Å². The molecular weight excluding hydrogens is 427 g/mol. The molecule has 3 rings (SSSR count). The topological polar surface area (TPSA) is 70.7 Å². The van der Waals surface area contributed by atoms with E-state index in [1.54, 1.807) is 0 Å². The largest absolute Gasteiger partial charge is 0.370 e. The number of amides is 1. The zero-order chi connectivity index (χ0) is 16.9. The Bertz CT molecular complexity index is 721. The summed E-state index contributed by atoms with van der Waals surface area (Å²) in [6, 6.07) is 19.8. The zero-order valence-electron chi connectivity index (χ0n) is 14.1. The van der Waals surface area contributed by atoms with Gasteiger partial charge in [0.15, 0.2) is 5.96 Å². The van der Waals surface area contributed by atoms with Gasteiger partial charge in [0.2, 0.25) is 5.91 Å². The van der Waals surface area contributed by atoms with Gasteiger partial charge >= 0.3 is 0 Å². The van der Waals surface area contributed by atoms with Crippen molar-refractivity contribution in [3.63, 3.8) is 0 Å². The highest BCUT2D eigenvalue weighted by Crippen LogP contribution is 2.36. The molecule has 0 aromatic heterocycles. The number of benzene rings is 2. The summed E-state index contributed by atoms with van der Waals surface area (Å²) < 4.78 is 0. The highest BCUT2D eigenvalue weighted by Gasteiger charge is 2.38. The van der Waals surface area contributed by atoms with E-state index in [0.717, 1.165) is 11.3 Å². The third-order valence-electron chi connectivity index (χ3n) is 4.38. The molecule has 5 nitrogen and oxygen atoms in total. The van der Waals surface area contributed by atoms with Crippen LogP contribution in [0.4, 0.5) is 5.69 Å². The molecule has 2 aromatic rings. The van der Waals surface area contributed by atoms with E-state index in [4.69, 9.17) is 5.73 Å². The Labute approximate surface area is 165 Å². The minimum Gasteiger partial charge on any atom is -0.370 e. The lowest BCUT2D eigenvalue weighted by atomic mass is 9.94. The Morgan fingerprint density at radius 3 is 2.40 bits per heavy atom. The molecule has 2 atom stereocenters. The van der Waals surface area contributed by atoms with E-state index in [2.05, 4.69) is 22.4 Å². The molecule has 25 heavy (non-hydrogen) atoms. The summed E-state index contributed by atoms with van der Waals surface area (Å²) in [4.78, 5) is 18.4. The summed E-state index contributed by atoms with van der Waals surface area (Å²) in [6.45, 7) is 0.515. The van der Waals surface area contributed by atoms with Crippen molar-refractivity contribution in [2.45, 2.75) is 12.5 Å². The molecule has 1 saturated heterocycles. The first-order valence-corrected chi connectivity index (χ1v) is 8.08. The number of nitrogens with zero attached hydrogens (tertiary/aromatic N) is 2. The third-order valence-corrected chi connectivity index (χ3v) is 4.38. The fraction of sp³-hybridized carbons (Fsp3) is 0.263. The minimum absolute atomic E-state index is 0. The van der Waals surface area contributed by atoms with Crippen LogP contribution < -0.4 is 11.1 Å². The highest BCUT2D eigenvalue weighted by atomic mass is 127. The number of anilines is 1. The van der Waals surface area contributed by atoms with Crippen LogP contribution in [0.5, 0.6) is 0 Å². The number of para-hydroxylation sites is 1. The highest BCUT2D eigenvalue weighted by molar-refractivity contribution is 14.0. The molecule has 6 heteroatoms. The van der Waals surface area contributed by atoms with Gasteiger partial charge in [-0.2, -0.15) is 0 Å². The van der Waals surface area contributed by atoms with Gasteiger partial charge in [0, 0.05) is 31.6 Å². The number of halogens is 1. The second kappa shape index (κ2) is 8.84. The number of aliphatic imine (C=N–C) groups is 1. The first-order chi connectivity index (χ1) is 11.6. The van der Waals surface area contributed by atoms with Crippen molar-refractivity contribution in [2.24, 2.45) is 16.6 Å². The monoisotopic (exact) mass is 450 g/mol. The van der Waals surface area contributed by atoms with Gasteiger partial charge in [0.05, 0.1) is 6.04 Å². The number of hydrogen-bond donors (Lipinski definition) is 2. The fourth-order valence-electron chi connectivity index (χ4n) is 3.19. The summed E-state index contributed by atoms with van der Waals surface area (Å²) in [5.41, 5.74) is 8.02. The Balaban J connectivity index is 0.00000225. The summed E-state index contributed by atoms with van der Waals surface area (Å²) in [6.07, 6.45) is 0.498. The number of guanidine groups is 1. The van der Waals surface area contributed by atoms with Gasteiger partial charge in [-0.3, -0.25) is 9.79 Å². The smallest absolute Gasteiger partial charge is 0.223 e. The van der Waals surface area contributed by atoms with E-state index in [1.807, 2.05) is 60.5 Å². The summed E-state index contributed by atoms with van der Waals surface area (Å²) in [5, 5.41) is 3.07. The number of likely N-dealkylation sites (tertiary alicyclic amines) is 1. The SMILES string of the molecule is CN1C(=O)CC(CN=C(N)Nc2ccccc2)C1c1ccccc1.I. The molecular formula is C19H23IN4O. The van der Waals surface area contributed by atoms with Crippen LogP contribution in [0, 0.1) is 5.92 Å². The number of nitrogens with one attached hydrogen (secondary N) is 1. The maximum Gasteiger partial charge on any atom is 0.223 e. The number of hydrogen-bond acceptors (Lipinski definition) is 2. The number of carbonyl (C=O) groups is 1. The minimum atomic E-state index is 0. The van der Waals surface area contributed by atoms with Gasteiger partial charge in [-0.1, -0.05) is 48.5 Å². The van der Waals surface area contributed by atoms with Crippen LogP contribution in [-0.4, -0.2) is 30.4 Å². The van der Waals surface area contributed by atoms with Gasteiger partial charge in [0.1, 0.15) is 0 Å². The van der Waals surface area contributed by atoms with Crippen LogP contribution in [0.1, 0.15) is 18.0 Å². The van der Waals surface area contributed by atoms with Gasteiger partial charge in [-0.15, -0.1) is 24.0 Å². The van der Waals surface area contributed by atoms with E-state index in [9.17, 15) is 4.79 Å². The zero-order valence-corrected chi connectivity index (χ0v) is 16.5. The quantitative estimate of drug-likeness (QED) is 0.427. The van der Waals surface area contributed by atoms with Crippen LogP contribution in [0.15, 0.2) is 65.7 Å². The first-order valence-electron chi connectivity index (χ1n) is 8.08. The first kappa shape index (κ1) is 19.2. The van der Waals surface area contributed by atoms with Crippen molar-refractivity contribution in [3.05, 3.63) is 66.2 Å². The number of carbonyl (C=O) groups excluding carboxylic acids is 1. The third kappa shape index (κ3) is 4.72. The van der Waals surface area contributed by atoms with Crippen LogP contribution in [0.2, 0.25) is 0 Å². The second-order valence-corrected chi connectivity index (χ2v) is 6.04. The van der Waals surface area contributed by atoms with Gasteiger partial charge < -0.3 is 16.0 Å². The Morgan fingerprint density at radius 1 is 1.16 bits per heavy atom. The molecule has 1 aliphatic heterocycles. The summed E-state index contributed by atoms with van der Waals surface area (Å²) in [5.74, 6) is 0.648. The molecule has 1 heterocycles. The van der Waals surface area contributed by atoms with Gasteiger partial charge in [-0.25, -0.2) is 0 Å². The van der Waals surface area contributed by atoms with Crippen LogP contribution in [-0.2, 0) is 4.79 Å². The van der Waals surface area contributed by atoms with Crippen LogP contribution in [0.3, 0.4) is 0 Å². The van der Waals surface area contributed by atoms with Crippen molar-refractivity contribution in [2.75, 3.05) is 18.9 Å². The molecule has 0 aliphatic carbocycles. The average Bonchev–Trinajstić information content (AvgIpc) is 2.89. The number of nitrogens with two attached hydrogens (primary N) is 1. The molecule has 1 aliphatic rings. The fourth-order valence-corrected chi connectivity index (χ4v) is 3.19. The lowest BCUT2D eigenvalue weighted by Gasteiger charge is -2.24. The van der Waals surface area contributed by atoms with Crippen molar-refractivity contribution in [1.29, 1.82) is 0 Å². The molecule has 0 radical (unpaired) electrons. The average molecular weight is 450 g/mol. The molecule has 1 amide bonds. The van der Waals surface area contributed by atoms with E-state index in [0.29, 0.717) is 18.9 Å². The molecule has 3 N–H and O–H groups in total. The predicted octanol–water partition coefficient (Wildman–Crippen LogP) is 3.25. The predicted molar refractivity (Wildman–Crippen MR) is 112 cm³/mol. The Kier molecular flexibility index (Phi) is 6.81. The normalized spacial score (nSPS) is 20.3. The molecule has 2 aromatic carbocycles.